The second-order valence-corrected chi connectivity index (χ2v) is 6.92. The molecule has 0 spiro atoms. The van der Waals surface area contributed by atoms with Crippen molar-refractivity contribution in [3.63, 3.8) is 0 Å². The number of hydrogen-bond acceptors (Lipinski definition) is 5. The van der Waals surface area contributed by atoms with Crippen LogP contribution in [0.4, 0.5) is 0 Å². The van der Waals surface area contributed by atoms with Crippen molar-refractivity contribution in [3.8, 4) is 0 Å². The van der Waals surface area contributed by atoms with Crippen molar-refractivity contribution >= 4 is 11.8 Å². The van der Waals surface area contributed by atoms with Crippen molar-refractivity contribution in [2.45, 2.75) is 71.0 Å². The lowest BCUT2D eigenvalue weighted by molar-refractivity contribution is -0.134. The van der Waals surface area contributed by atoms with Crippen molar-refractivity contribution < 1.29 is 24.5 Å². The summed E-state index contributed by atoms with van der Waals surface area (Å²) in [6.45, 7) is 3.88. The minimum absolute atomic E-state index is 0.132. The molecular weight excluding hydrogens is 320 g/mol. The Labute approximate surface area is 150 Å². The number of unbranched alkanes of at least 4 members (excludes halogenated alkanes) is 2. The minimum Gasteiger partial charge on any atom is -0.466 e. The number of aliphatic hydroxyl groups is 2. The van der Waals surface area contributed by atoms with E-state index >= 15 is 0 Å². The largest absolute Gasteiger partial charge is 0.466 e. The lowest BCUT2D eigenvalue weighted by Crippen LogP contribution is -2.21. The molecule has 4 atom stereocenters. The Bertz CT molecular complexity index is 494. The van der Waals surface area contributed by atoms with E-state index in [1.165, 1.54) is 13.2 Å². The first-order chi connectivity index (χ1) is 11.9. The average Bonchev–Trinajstić information content (AvgIpc) is 2.84. The number of rotatable bonds is 10. The Morgan fingerprint density at radius 2 is 1.88 bits per heavy atom. The van der Waals surface area contributed by atoms with E-state index in [1.54, 1.807) is 13.0 Å². The second-order valence-electron chi connectivity index (χ2n) is 6.92. The van der Waals surface area contributed by atoms with Gasteiger partial charge in [0.1, 0.15) is 5.78 Å². The zero-order chi connectivity index (χ0) is 18.8. The van der Waals surface area contributed by atoms with Crippen LogP contribution in [0, 0.1) is 11.8 Å². The van der Waals surface area contributed by atoms with Gasteiger partial charge in [-0.2, -0.15) is 0 Å². The van der Waals surface area contributed by atoms with Gasteiger partial charge in [0.05, 0.1) is 19.3 Å². The number of ketones is 1. The zero-order valence-electron chi connectivity index (χ0n) is 15.6. The minimum atomic E-state index is -0.627. The molecule has 1 aliphatic carbocycles. The van der Waals surface area contributed by atoms with Crippen molar-refractivity contribution in [3.05, 3.63) is 23.8 Å². The van der Waals surface area contributed by atoms with E-state index in [9.17, 15) is 19.8 Å². The highest BCUT2D eigenvalue weighted by Crippen LogP contribution is 2.37. The van der Waals surface area contributed by atoms with Crippen LogP contribution in [0.5, 0.6) is 0 Å². The molecule has 0 aliphatic heterocycles. The number of methoxy groups -OCH3 is 1. The van der Waals surface area contributed by atoms with Crippen LogP contribution in [0.2, 0.25) is 0 Å². The monoisotopic (exact) mass is 352 g/mol. The summed E-state index contributed by atoms with van der Waals surface area (Å²) in [5.41, 5.74) is 0.717. The van der Waals surface area contributed by atoms with Crippen LogP contribution < -0.4 is 0 Å². The molecule has 0 heterocycles. The SMILES string of the molecule is CCCCCC(=O)CC[C@@H]1[C@H](/C=C/C(C)=C/C(=O)OC)[C@@H](O)C[C@H]1O. The van der Waals surface area contributed by atoms with Gasteiger partial charge in [-0.1, -0.05) is 31.9 Å². The summed E-state index contributed by atoms with van der Waals surface area (Å²) in [5, 5.41) is 20.4. The maximum Gasteiger partial charge on any atom is 0.330 e. The third kappa shape index (κ3) is 7.53. The van der Waals surface area contributed by atoms with Gasteiger partial charge in [0.25, 0.3) is 0 Å². The molecule has 142 valence electrons. The molecule has 0 saturated heterocycles. The fraction of sp³-hybridized carbons (Fsp3) is 0.700. The second kappa shape index (κ2) is 11.2. The maximum atomic E-state index is 12.0. The molecule has 5 nitrogen and oxygen atoms in total. The van der Waals surface area contributed by atoms with Crippen LogP contribution in [0.25, 0.3) is 0 Å². The average molecular weight is 352 g/mol. The number of hydrogen-bond donors (Lipinski definition) is 2. The van der Waals surface area contributed by atoms with E-state index in [1.807, 2.05) is 6.08 Å². The van der Waals surface area contributed by atoms with Crippen LogP contribution in [-0.2, 0) is 14.3 Å². The zero-order valence-corrected chi connectivity index (χ0v) is 15.6. The van der Waals surface area contributed by atoms with Crippen molar-refractivity contribution in [2.75, 3.05) is 7.11 Å². The fourth-order valence-electron chi connectivity index (χ4n) is 3.36. The van der Waals surface area contributed by atoms with Gasteiger partial charge in [0.15, 0.2) is 0 Å². The van der Waals surface area contributed by atoms with Gasteiger partial charge in [-0.3, -0.25) is 4.79 Å². The van der Waals surface area contributed by atoms with E-state index in [2.05, 4.69) is 11.7 Å². The summed E-state index contributed by atoms with van der Waals surface area (Å²) in [5.74, 6) is -0.540. The number of Topliss-reactive ketones (excluding diaryl/α,β-unsaturated/α-hetero) is 1. The van der Waals surface area contributed by atoms with Gasteiger partial charge in [0, 0.05) is 31.3 Å². The number of ether oxygens (including phenoxy) is 1. The highest BCUT2D eigenvalue weighted by molar-refractivity contribution is 5.83. The number of carbonyl (C=O) groups is 2. The van der Waals surface area contributed by atoms with Gasteiger partial charge in [-0.05, 0) is 31.3 Å². The van der Waals surface area contributed by atoms with E-state index < -0.39 is 18.2 Å². The molecule has 0 unspecified atom stereocenters. The molecule has 1 saturated carbocycles. The first kappa shape index (κ1) is 21.6. The Hall–Kier alpha value is -1.46. The first-order valence-corrected chi connectivity index (χ1v) is 9.21. The molecule has 1 fully saturated rings. The van der Waals surface area contributed by atoms with Gasteiger partial charge in [0.2, 0.25) is 0 Å². The quantitative estimate of drug-likeness (QED) is 0.273. The molecule has 0 bridgehead atoms. The third-order valence-corrected chi connectivity index (χ3v) is 4.86. The third-order valence-electron chi connectivity index (χ3n) is 4.86. The standard InChI is InChI=1S/C20H32O5/c1-4-5-6-7-15(21)9-11-17-16(18(22)13-19(17)23)10-8-14(2)12-20(24)25-3/h8,10,12,16-19,22-23H,4-7,9,11,13H2,1-3H3/b10-8+,14-12+/t16-,17+,18-,19+/m0/s1. The Morgan fingerprint density at radius 3 is 2.52 bits per heavy atom. The van der Waals surface area contributed by atoms with Crippen molar-refractivity contribution in [1.29, 1.82) is 0 Å². The van der Waals surface area contributed by atoms with Crippen LogP contribution in [0.15, 0.2) is 23.8 Å². The lowest BCUT2D eigenvalue weighted by atomic mass is 9.87. The molecule has 1 aliphatic rings. The van der Waals surface area contributed by atoms with Crippen LogP contribution in [0.1, 0.15) is 58.8 Å². The Balaban J connectivity index is 2.62. The van der Waals surface area contributed by atoms with Gasteiger partial charge < -0.3 is 14.9 Å². The first-order valence-electron chi connectivity index (χ1n) is 9.21. The van der Waals surface area contributed by atoms with Crippen LogP contribution in [0.3, 0.4) is 0 Å². The normalized spacial score (nSPS) is 27.0. The van der Waals surface area contributed by atoms with Gasteiger partial charge in [-0.15, -0.1) is 0 Å². The van der Waals surface area contributed by atoms with Crippen molar-refractivity contribution in [2.24, 2.45) is 11.8 Å². The van der Waals surface area contributed by atoms with Crippen LogP contribution >= 0.6 is 0 Å². The van der Waals surface area contributed by atoms with E-state index in [0.717, 1.165) is 24.8 Å². The summed E-state index contributed by atoms with van der Waals surface area (Å²) >= 11 is 0. The maximum absolute atomic E-state index is 12.0. The Kier molecular flexibility index (Phi) is 9.68. The molecule has 5 heteroatoms. The van der Waals surface area contributed by atoms with E-state index in [4.69, 9.17) is 0 Å². The molecule has 2 N–H and O–H groups in total. The Morgan fingerprint density at radius 1 is 1.16 bits per heavy atom. The number of allylic oxidation sites excluding steroid dienone is 2. The molecule has 0 aromatic carbocycles. The summed E-state index contributed by atoms with van der Waals surface area (Å²) in [4.78, 5) is 23.2. The fourth-order valence-corrected chi connectivity index (χ4v) is 3.36. The summed E-state index contributed by atoms with van der Waals surface area (Å²) < 4.78 is 4.58. The predicted molar refractivity (Wildman–Crippen MR) is 96.9 cm³/mol. The summed E-state index contributed by atoms with van der Waals surface area (Å²) in [7, 11) is 1.32. The predicted octanol–water partition coefficient (Wildman–Crippen LogP) is 2.95. The molecule has 0 amide bonds. The lowest BCUT2D eigenvalue weighted by Gasteiger charge is -2.20. The highest BCUT2D eigenvalue weighted by Gasteiger charge is 2.39. The highest BCUT2D eigenvalue weighted by atomic mass is 16.5. The molecular formula is C20H32O5. The molecule has 0 aromatic rings. The molecule has 0 radical (unpaired) electrons. The van der Waals surface area contributed by atoms with Crippen LogP contribution in [-0.4, -0.2) is 41.3 Å². The van der Waals surface area contributed by atoms with E-state index in [-0.39, 0.29) is 17.6 Å². The molecule has 25 heavy (non-hydrogen) atoms. The number of esters is 1. The molecule has 0 aromatic heterocycles. The smallest absolute Gasteiger partial charge is 0.330 e. The topological polar surface area (TPSA) is 83.8 Å². The molecule has 1 rings (SSSR count). The van der Waals surface area contributed by atoms with E-state index in [0.29, 0.717) is 25.7 Å². The van der Waals surface area contributed by atoms with Gasteiger partial charge in [-0.25, -0.2) is 4.79 Å². The summed E-state index contributed by atoms with van der Waals surface area (Å²) in [6.07, 6.45) is 8.77. The van der Waals surface area contributed by atoms with Crippen molar-refractivity contribution in [1.82, 2.24) is 0 Å². The summed E-state index contributed by atoms with van der Waals surface area (Å²) in [6, 6.07) is 0. The number of carbonyl (C=O) groups excluding carboxylic acids is 2. The number of aliphatic hydroxyl groups excluding tert-OH is 2. The van der Waals surface area contributed by atoms with Gasteiger partial charge >= 0.3 is 5.97 Å².